The van der Waals surface area contributed by atoms with Gasteiger partial charge in [-0.1, -0.05) is 11.6 Å². The minimum atomic E-state index is -0.567. The van der Waals surface area contributed by atoms with Crippen molar-refractivity contribution in [2.75, 3.05) is 13.7 Å². The van der Waals surface area contributed by atoms with Gasteiger partial charge in [-0.15, -0.1) is 0 Å². The Morgan fingerprint density at radius 1 is 1.56 bits per heavy atom. The van der Waals surface area contributed by atoms with E-state index in [4.69, 9.17) is 16.3 Å². The van der Waals surface area contributed by atoms with E-state index in [0.717, 1.165) is 12.0 Å². The van der Waals surface area contributed by atoms with Crippen LogP contribution in [-0.4, -0.2) is 24.5 Å². The summed E-state index contributed by atoms with van der Waals surface area (Å²) in [6, 6.07) is 3.48. The number of nitrogens with zero attached hydrogens (tertiary/aromatic N) is 1. The van der Waals surface area contributed by atoms with Gasteiger partial charge in [-0.3, -0.25) is 4.79 Å². The number of hydrogen-bond acceptors (Lipinski definition) is 3. The summed E-state index contributed by atoms with van der Waals surface area (Å²) >= 11 is 5.79. The van der Waals surface area contributed by atoms with Crippen molar-refractivity contribution in [3.8, 4) is 5.88 Å². The van der Waals surface area contributed by atoms with E-state index in [-0.39, 0.29) is 5.91 Å². The number of pyridine rings is 1. The van der Waals surface area contributed by atoms with Crippen LogP contribution in [0.5, 0.6) is 5.88 Å². The first kappa shape index (κ1) is 11.2. The molecule has 1 amide bonds. The molecule has 0 bridgehead atoms. The van der Waals surface area contributed by atoms with Crippen molar-refractivity contribution in [3.63, 3.8) is 0 Å². The van der Waals surface area contributed by atoms with Gasteiger partial charge < -0.3 is 10.1 Å². The molecule has 1 aliphatic rings. The highest BCUT2D eigenvalue weighted by Gasteiger charge is 2.41. The molecule has 5 heteroatoms. The van der Waals surface area contributed by atoms with Crippen molar-refractivity contribution in [1.29, 1.82) is 0 Å². The number of carbonyl (C=O) groups excluding carboxylic acids is 1. The average Bonchev–Trinajstić information content (AvgIpc) is 2.60. The van der Waals surface area contributed by atoms with E-state index in [9.17, 15) is 4.79 Å². The molecule has 1 N–H and O–H groups in total. The maximum Gasteiger partial charge on any atom is 0.230 e. The van der Waals surface area contributed by atoms with Gasteiger partial charge in [0.1, 0.15) is 5.15 Å². The Labute approximate surface area is 99.0 Å². The molecular formula is C11H13ClN2O2. The van der Waals surface area contributed by atoms with Gasteiger partial charge >= 0.3 is 0 Å². The Balaban J connectivity index is 2.51. The maximum absolute atomic E-state index is 11.8. The quantitative estimate of drug-likeness (QED) is 0.798. The molecule has 0 radical (unpaired) electrons. The lowest BCUT2D eigenvalue weighted by Crippen LogP contribution is -2.32. The lowest BCUT2D eigenvalue weighted by molar-refractivity contribution is -0.123. The average molecular weight is 241 g/mol. The zero-order chi connectivity index (χ0) is 11.8. The summed E-state index contributed by atoms with van der Waals surface area (Å²) in [6.45, 7) is 2.57. The molecule has 4 nitrogen and oxygen atoms in total. The predicted octanol–water partition coefficient (Wildman–Crippen LogP) is 1.52. The van der Waals surface area contributed by atoms with E-state index in [1.807, 2.05) is 6.92 Å². The summed E-state index contributed by atoms with van der Waals surface area (Å²) in [7, 11) is 1.53. The molecule has 1 fully saturated rings. The van der Waals surface area contributed by atoms with Crippen molar-refractivity contribution in [3.05, 3.63) is 22.8 Å². The normalized spacial score (nSPS) is 24.3. The van der Waals surface area contributed by atoms with Crippen LogP contribution in [0.4, 0.5) is 0 Å². The predicted molar refractivity (Wildman–Crippen MR) is 60.8 cm³/mol. The molecule has 0 aliphatic carbocycles. The van der Waals surface area contributed by atoms with Crippen molar-refractivity contribution in [2.24, 2.45) is 0 Å². The Hall–Kier alpha value is -1.29. The van der Waals surface area contributed by atoms with E-state index in [1.54, 1.807) is 12.1 Å². The summed E-state index contributed by atoms with van der Waals surface area (Å²) in [4.78, 5) is 15.9. The molecular weight excluding hydrogens is 228 g/mol. The fourth-order valence-corrected chi connectivity index (χ4v) is 2.12. The summed E-state index contributed by atoms with van der Waals surface area (Å²) in [6.07, 6.45) is 0.742. The molecule has 1 atom stereocenters. The van der Waals surface area contributed by atoms with Crippen LogP contribution < -0.4 is 10.1 Å². The van der Waals surface area contributed by atoms with Crippen molar-refractivity contribution in [2.45, 2.75) is 18.8 Å². The second-order valence-electron chi connectivity index (χ2n) is 4.03. The number of aromatic nitrogens is 1. The summed E-state index contributed by atoms with van der Waals surface area (Å²) < 4.78 is 5.18. The zero-order valence-electron chi connectivity index (χ0n) is 9.21. The Morgan fingerprint density at radius 2 is 2.31 bits per heavy atom. The van der Waals surface area contributed by atoms with Crippen LogP contribution >= 0.6 is 11.6 Å². The van der Waals surface area contributed by atoms with Gasteiger partial charge in [-0.05, 0) is 25.5 Å². The molecule has 2 rings (SSSR count). The number of amides is 1. The summed E-state index contributed by atoms with van der Waals surface area (Å²) in [5, 5.41) is 3.18. The van der Waals surface area contributed by atoms with Gasteiger partial charge in [0.2, 0.25) is 11.8 Å². The standard InChI is InChI=1S/C11H13ClN2O2/c1-11(5-6-13-10(11)15)7-3-4-8(12)14-9(7)16-2/h3-4H,5-6H2,1-2H3,(H,13,15)/t11-/m0/s1. The third-order valence-electron chi connectivity index (χ3n) is 3.03. The molecule has 0 spiro atoms. The Kier molecular flexibility index (Phi) is 2.76. The van der Waals surface area contributed by atoms with Crippen molar-refractivity contribution in [1.82, 2.24) is 10.3 Å². The first-order valence-corrected chi connectivity index (χ1v) is 5.45. The summed E-state index contributed by atoms with van der Waals surface area (Å²) in [5.41, 5.74) is 0.220. The van der Waals surface area contributed by atoms with Gasteiger partial charge in [0.25, 0.3) is 0 Å². The van der Waals surface area contributed by atoms with E-state index in [1.165, 1.54) is 7.11 Å². The highest BCUT2D eigenvalue weighted by Crippen LogP contribution is 2.36. The van der Waals surface area contributed by atoms with E-state index in [0.29, 0.717) is 17.6 Å². The fourth-order valence-electron chi connectivity index (χ4n) is 1.99. The highest BCUT2D eigenvalue weighted by molar-refractivity contribution is 6.29. The molecule has 0 unspecified atom stereocenters. The van der Waals surface area contributed by atoms with Gasteiger partial charge in [-0.25, -0.2) is 4.98 Å². The highest BCUT2D eigenvalue weighted by atomic mass is 35.5. The molecule has 2 heterocycles. The van der Waals surface area contributed by atoms with Crippen LogP contribution in [0.25, 0.3) is 0 Å². The Morgan fingerprint density at radius 3 is 2.88 bits per heavy atom. The van der Waals surface area contributed by atoms with Gasteiger partial charge in [0, 0.05) is 12.1 Å². The topological polar surface area (TPSA) is 51.2 Å². The molecule has 1 saturated heterocycles. The minimum absolute atomic E-state index is 0.00919. The second kappa shape index (κ2) is 3.94. The first-order chi connectivity index (χ1) is 7.58. The van der Waals surface area contributed by atoms with Crippen LogP contribution in [0.3, 0.4) is 0 Å². The van der Waals surface area contributed by atoms with Gasteiger partial charge in [0.05, 0.1) is 12.5 Å². The lowest BCUT2D eigenvalue weighted by atomic mass is 9.81. The first-order valence-electron chi connectivity index (χ1n) is 5.07. The maximum atomic E-state index is 11.8. The number of methoxy groups -OCH3 is 1. The Bertz CT molecular complexity index is 436. The molecule has 16 heavy (non-hydrogen) atoms. The van der Waals surface area contributed by atoms with E-state index < -0.39 is 5.41 Å². The minimum Gasteiger partial charge on any atom is -0.481 e. The largest absolute Gasteiger partial charge is 0.481 e. The molecule has 86 valence electrons. The van der Waals surface area contributed by atoms with Crippen molar-refractivity contribution < 1.29 is 9.53 Å². The molecule has 0 aromatic carbocycles. The van der Waals surface area contributed by atoms with Crippen LogP contribution in [-0.2, 0) is 10.2 Å². The number of rotatable bonds is 2. The smallest absolute Gasteiger partial charge is 0.230 e. The molecule has 1 aliphatic heterocycles. The van der Waals surface area contributed by atoms with Crippen LogP contribution in [0, 0.1) is 0 Å². The van der Waals surface area contributed by atoms with Gasteiger partial charge in [0.15, 0.2) is 0 Å². The SMILES string of the molecule is COc1nc(Cl)ccc1[C@]1(C)CCNC1=O. The molecule has 0 saturated carbocycles. The van der Waals surface area contributed by atoms with E-state index >= 15 is 0 Å². The number of halogens is 1. The van der Waals surface area contributed by atoms with E-state index in [2.05, 4.69) is 10.3 Å². The second-order valence-corrected chi connectivity index (χ2v) is 4.42. The van der Waals surface area contributed by atoms with Crippen LogP contribution in [0.2, 0.25) is 5.15 Å². The third kappa shape index (κ3) is 1.63. The lowest BCUT2D eigenvalue weighted by Gasteiger charge is -2.22. The molecule has 1 aromatic rings. The molecule has 1 aromatic heterocycles. The zero-order valence-corrected chi connectivity index (χ0v) is 9.97. The van der Waals surface area contributed by atoms with Gasteiger partial charge in [-0.2, -0.15) is 0 Å². The number of ether oxygens (including phenoxy) is 1. The van der Waals surface area contributed by atoms with Crippen molar-refractivity contribution >= 4 is 17.5 Å². The van der Waals surface area contributed by atoms with Crippen LogP contribution in [0.1, 0.15) is 18.9 Å². The summed E-state index contributed by atoms with van der Waals surface area (Å²) in [5.74, 6) is 0.432. The third-order valence-corrected chi connectivity index (χ3v) is 3.24. The number of nitrogens with one attached hydrogen (secondary N) is 1. The number of carbonyl (C=O) groups is 1. The monoisotopic (exact) mass is 240 g/mol. The number of hydrogen-bond donors (Lipinski definition) is 1. The fraction of sp³-hybridized carbons (Fsp3) is 0.455. The van der Waals surface area contributed by atoms with Crippen LogP contribution in [0.15, 0.2) is 12.1 Å².